The van der Waals surface area contributed by atoms with Crippen LogP contribution >= 0.6 is 0 Å². The number of rotatable bonds is 3. The highest BCUT2D eigenvalue weighted by Crippen LogP contribution is 2.30. The molecule has 1 aliphatic rings. The van der Waals surface area contributed by atoms with Crippen molar-refractivity contribution in [3.63, 3.8) is 0 Å². The van der Waals surface area contributed by atoms with Crippen molar-refractivity contribution in [2.75, 3.05) is 7.11 Å². The summed E-state index contributed by atoms with van der Waals surface area (Å²) in [6.45, 7) is 8.20. The average molecular weight is 325 g/mol. The normalized spacial score (nSPS) is 22.6. The molecule has 3 heteroatoms. The van der Waals surface area contributed by atoms with Gasteiger partial charge in [-0.3, -0.25) is 0 Å². The Morgan fingerprint density at radius 1 is 1.25 bits per heavy atom. The Hall–Kier alpha value is -1.87. The highest BCUT2D eigenvalue weighted by atomic mass is 16.5. The van der Waals surface area contributed by atoms with Crippen molar-refractivity contribution in [2.24, 2.45) is 5.92 Å². The first-order chi connectivity index (χ1) is 11.5. The Morgan fingerprint density at radius 2 is 1.96 bits per heavy atom. The quantitative estimate of drug-likeness (QED) is 0.940. The molecule has 0 unspecified atom stereocenters. The van der Waals surface area contributed by atoms with Crippen LogP contribution in [0, 0.1) is 12.8 Å². The van der Waals surface area contributed by atoms with Crippen LogP contribution in [0.2, 0.25) is 0 Å². The molecule has 1 saturated carbocycles. The fourth-order valence-electron chi connectivity index (χ4n) is 3.78. The Morgan fingerprint density at radius 3 is 2.58 bits per heavy atom. The van der Waals surface area contributed by atoms with E-state index < -0.39 is 0 Å². The molecule has 0 amide bonds. The van der Waals surface area contributed by atoms with Crippen molar-refractivity contribution in [1.82, 2.24) is 4.98 Å². The van der Waals surface area contributed by atoms with Gasteiger partial charge in [-0.05, 0) is 68.4 Å². The van der Waals surface area contributed by atoms with Gasteiger partial charge in [0.2, 0.25) is 0 Å². The van der Waals surface area contributed by atoms with Gasteiger partial charge in [0.05, 0.1) is 17.0 Å². The van der Waals surface area contributed by atoms with Crippen LogP contribution in [-0.4, -0.2) is 23.3 Å². The number of benzene rings is 1. The third kappa shape index (κ3) is 3.18. The van der Waals surface area contributed by atoms with Gasteiger partial charge in [0.1, 0.15) is 5.76 Å². The van der Waals surface area contributed by atoms with Gasteiger partial charge in [0.15, 0.2) is 0 Å². The molecule has 1 N–H and O–H groups in total. The number of methoxy groups -OCH3 is 1. The fraction of sp³-hybridized carbons (Fsp3) is 0.476. The highest BCUT2D eigenvalue weighted by Gasteiger charge is 2.24. The van der Waals surface area contributed by atoms with E-state index in [0.717, 1.165) is 64.7 Å². The monoisotopic (exact) mass is 325 g/mol. The molecule has 1 aromatic carbocycles. The first-order valence-corrected chi connectivity index (χ1v) is 8.88. The zero-order valence-electron chi connectivity index (χ0n) is 14.9. The third-order valence-corrected chi connectivity index (χ3v) is 5.38. The van der Waals surface area contributed by atoms with Crippen molar-refractivity contribution in [3.05, 3.63) is 39.9 Å². The SMILES string of the molecule is C=c1nc2cc(C)c(=C(O)C3CCC(OC)CC3)cc2cc1CC. The molecule has 2 aromatic rings. The van der Waals surface area contributed by atoms with Gasteiger partial charge in [-0.2, -0.15) is 0 Å². The Balaban J connectivity index is 2.06. The minimum Gasteiger partial charge on any atom is -0.511 e. The second-order valence-electron chi connectivity index (χ2n) is 6.90. The number of pyridine rings is 1. The van der Waals surface area contributed by atoms with Crippen molar-refractivity contribution in [2.45, 2.75) is 52.1 Å². The van der Waals surface area contributed by atoms with Crippen LogP contribution in [0.1, 0.15) is 43.7 Å². The zero-order chi connectivity index (χ0) is 17.3. The summed E-state index contributed by atoms with van der Waals surface area (Å²) in [7, 11) is 1.78. The zero-order valence-corrected chi connectivity index (χ0v) is 14.9. The van der Waals surface area contributed by atoms with Crippen molar-refractivity contribution < 1.29 is 9.84 Å². The number of hydrogen-bond acceptors (Lipinski definition) is 3. The summed E-state index contributed by atoms with van der Waals surface area (Å²) in [4.78, 5) is 4.62. The Kier molecular flexibility index (Phi) is 4.91. The number of ether oxygens (including phenoxy) is 1. The summed E-state index contributed by atoms with van der Waals surface area (Å²) in [6.07, 6.45) is 5.27. The van der Waals surface area contributed by atoms with Gasteiger partial charge in [0, 0.05) is 23.6 Å². The molecular formula is C21H27NO2. The van der Waals surface area contributed by atoms with Crippen LogP contribution in [0.4, 0.5) is 0 Å². The maximum Gasteiger partial charge on any atom is 0.103 e. The van der Waals surface area contributed by atoms with E-state index in [0.29, 0.717) is 11.9 Å². The lowest BCUT2D eigenvalue weighted by Crippen LogP contribution is -2.24. The number of nitrogens with zero attached hydrogens (tertiary/aromatic N) is 1. The summed E-state index contributed by atoms with van der Waals surface area (Å²) < 4.78 is 5.44. The predicted molar refractivity (Wildman–Crippen MR) is 99.4 cm³/mol. The predicted octanol–water partition coefficient (Wildman–Crippen LogP) is 3.39. The molecule has 3 rings (SSSR count). The Bertz CT molecular complexity index is 848. The molecule has 3 nitrogen and oxygen atoms in total. The average Bonchev–Trinajstić information content (AvgIpc) is 2.60. The molecule has 0 bridgehead atoms. The standard InChI is InChI=1S/C21H27NO2/c1-5-15-11-17-12-19(13(2)10-20(17)22-14(15)3)21(23)16-6-8-18(24-4)9-7-16/h10-12,16,18,23H,3,5-9H2,1-2,4H3. The lowest BCUT2D eigenvalue weighted by molar-refractivity contribution is 0.0609. The molecule has 1 aliphatic carbocycles. The van der Waals surface area contributed by atoms with Crippen LogP contribution in [-0.2, 0) is 11.2 Å². The van der Waals surface area contributed by atoms with Gasteiger partial charge in [-0.25, -0.2) is 4.98 Å². The number of aliphatic hydroxyl groups excluding tert-OH is 1. The molecule has 1 aromatic heterocycles. The first-order valence-electron chi connectivity index (χ1n) is 8.88. The molecule has 0 radical (unpaired) electrons. The summed E-state index contributed by atoms with van der Waals surface area (Å²) in [5.41, 5.74) is 3.19. The third-order valence-electron chi connectivity index (χ3n) is 5.38. The second kappa shape index (κ2) is 6.94. The summed E-state index contributed by atoms with van der Waals surface area (Å²) in [5.74, 6) is 0.763. The van der Waals surface area contributed by atoms with Crippen LogP contribution in [0.25, 0.3) is 23.2 Å². The minimum absolute atomic E-state index is 0.235. The lowest BCUT2D eigenvalue weighted by Gasteiger charge is -2.27. The molecule has 0 spiro atoms. The number of fused-ring (bicyclic) bond motifs is 1. The minimum atomic E-state index is 0.235. The molecule has 1 fully saturated rings. The molecule has 0 aliphatic heterocycles. The van der Waals surface area contributed by atoms with E-state index in [1.165, 1.54) is 0 Å². The second-order valence-corrected chi connectivity index (χ2v) is 6.90. The van der Waals surface area contributed by atoms with E-state index in [1.54, 1.807) is 7.11 Å². The van der Waals surface area contributed by atoms with Crippen LogP contribution < -0.4 is 10.6 Å². The number of hydrogen-bond donors (Lipinski definition) is 1. The van der Waals surface area contributed by atoms with E-state index in [9.17, 15) is 5.11 Å². The van der Waals surface area contributed by atoms with Gasteiger partial charge < -0.3 is 9.84 Å². The van der Waals surface area contributed by atoms with Crippen molar-refractivity contribution in [1.29, 1.82) is 0 Å². The van der Waals surface area contributed by atoms with Crippen LogP contribution in [0.3, 0.4) is 0 Å². The maximum absolute atomic E-state index is 10.9. The van der Waals surface area contributed by atoms with Gasteiger partial charge in [-0.1, -0.05) is 13.5 Å². The van der Waals surface area contributed by atoms with Crippen molar-refractivity contribution >= 4 is 23.2 Å². The smallest absolute Gasteiger partial charge is 0.103 e. The maximum atomic E-state index is 10.9. The largest absolute Gasteiger partial charge is 0.511 e. The van der Waals surface area contributed by atoms with Crippen LogP contribution in [0.15, 0.2) is 18.2 Å². The molecular weight excluding hydrogens is 298 g/mol. The molecule has 128 valence electrons. The number of aromatic nitrogens is 1. The van der Waals surface area contributed by atoms with E-state index in [4.69, 9.17) is 4.74 Å². The molecule has 24 heavy (non-hydrogen) atoms. The van der Waals surface area contributed by atoms with E-state index in [-0.39, 0.29) is 5.92 Å². The highest BCUT2D eigenvalue weighted by molar-refractivity contribution is 5.80. The topological polar surface area (TPSA) is 42.4 Å². The first kappa shape index (κ1) is 17.0. The molecule has 0 atom stereocenters. The van der Waals surface area contributed by atoms with E-state index in [2.05, 4.69) is 36.7 Å². The van der Waals surface area contributed by atoms with E-state index in [1.807, 2.05) is 6.92 Å². The Labute approximate surface area is 143 Å². The number of aryl methyl sites for hydroxylation is 2. The summed E-state index contributed by atoms with van der Waals surface area (Å²) in [5, 5.41) is 13.8. The number of aliphatic hydroxyl groups is 1. The molecule has 0 saturated heterocycles. The van der Waals surface area contributed by atoms with Crippen LogP contribution in [0.5, 0.6) is 0 Å². The van der Waals surface area contributed by atoms with Gasteiger partial charge in [-0.15, -0.1) is 0 Å². The lowest BCUT2D eigenvalue weighted by atomic mass is 9.85. The van der Waals surface area contributed by atoms with Gasteiger partial charge in [0.25, 0.3) is 0 Å². The summed E-state index contributed by atoms with van der Waals surface area (Å²) >= 11 is 0. The summed E-state index contributed by atoms with van der Waals surface area (Å²) in [6, 6.07) is 6.31. The molecule has 1 heterocycles. The van der Waals surface area contributed by atoms with Gasteiger partial charge >= 0.3 is 0 Å². The van der Waals surface area contributed by atoms with E-state index >= 15 is 0 Å². The van der Waals surface area contributed by atoms with Crippen molar-refractivity contribution in [3.8, 4) is 0 Å². The fourth-order valence-corrected chi connectivity index (χ4v) is 3.78.